The number of benzene rings is 3. The van der Waals surface area contributed by atoms with Gasteiger partial charge in [-0.25, -0.2) is 9.07 Å². The molecule has 3 aromatic carbocycles. The van der Waals surface area contributed by atoms with E-state index < -0.39 is 18.0 Å². The minimum Gasteiger partial charge on any atom is -0.345 e. The first-order valence-corrected chi connectivity index (χ1v) is 12.7. The highest BCUT2D eigenvalue weighted by atomic mass is 19.1. The quantitative estimate of drug-likeness (QED) is 0.362. The molecule has 3 atom stereocenters. The number of anilines is 1. The summed E-state index contributed by atoms with van der Waals surface area (Å²) in [5.41, 5.74) is 4.57. The second-order valence-electron chi connectivity index (χ2n) is 10.0. The van der Waals surface area contributed by atoms with Gasteiger partial charge in [0.25, 0.3) is 5.91 Å². The SMILES string of the molecule is Cc1cccc([C@@H]2[C@@H](NC(=O)c3ccn(C)n3)[C@@H](C)C(=O)N2c2ccc3c(cnn3-c3ccc(F)cc3)c2)c1. The van der Waals surface area contributed by atoms with Crippen LogP contribution in [0.5, 0.6) is 0 Å². The number of amides is 2. The van der Waals surface area contributed by atoms with Crippen LogP contribution in [0, 0.1) is 18.7 Å². The van der Waals surface area contributed by atoms with Crippen LogP contribution < -0.4 is 10.2 Å². The summed E-state index contributed by atoms with van der Waals surface area (Å²) in [7, 11) is 1.75. The number of hydrogen-bond acceptors (Lipinski definition) is 4. The van der Waals surface area contributed by atoms with Gasteiger partial charge < -0.3 is 10.2 Å². The molecule has 9 heteroatoms. The highest BCUT2D eigenvalue weighted by molar-refractivity contribution is 6.02. The molecule has 1 N–H and O–H groups in total. The lowest BCUT2D eigenvalue weighted by Gasteiger charge is -2.29. The van der Waals surface area contributed by atoms with Crippen molar-refractivity contribution in [1.29, 1.82) is 0 Å². The molecular formula is C30H27FN6O2. The standard InChI is InChI=1S/C30H27FN6O2/c1-18-5-4-6-20(15-18)28-27(33-29(38)25-13-14-35(3)34-25)19(2)30(39)36(28)24-11-12-26-21(16-24)17-32-37(26)23-9-7-22(31)8-10-23/h4-17,19,27-28H,1-3H3,(H,33,38)/t19-,27+,28-/m1/s1. The average Bonchev–Trinajstić information content (AvgIpc) is 3.61. The highest BCUT2D eigenvalue weighted by Crippen LogP contribution is 2.41. The highest BCUT2D eigenvalue weighted by Gasteiger charge is 2.48. The third kappa shape index (κ3) is 4.35. The smallest absolute Gasteiger partial charge is 0.272 e. The lowest BCUT2D eigenvalue weighted by atomic mass is 9.93. The number of halogens is 1. The fourth-order valence-electron chi connectivity index (χ4n) is 5.37. The number of rotatable bonds is 5. The molecule has 196 valence electrons. The molecule has 1 fully saturated rings. The van der Waals surface area contributed by atoms with Gasteiger partial charge in [0.2, 0.25) is 5.91 Å². The van der Waals surface area contributed by atoms with Crippen LogP contribution in [0.1, 0.15) is 34.6 Å². The van der Waals surface area contributed by atoms with Crippen LogP contribution in [-0.2, 0) is 11.8 Å². The van der Waals surface area contributed by atoms with Gasteiger partial charge in [-0.1, -0.05) is 36.8 Å². The molecule has 2 aromatic heterocycles. The van der Waals surface area contributed by atoms with Crippen molar-refractivity contribution in [3.63, 3.8) is 0 Å². The molecule has 5 aromatic rings. The van der Waals surface area contributed by atoms with Crippen LogP contribution >= 0.6 is 0 Å². The van der Waals surface area contributed by atoms with Gasteiger partial charge >= 0.3 is 0 Å². The summed E-state index contributed by atoms with van der Waals surface area (Å²) in [6.45, 7) is 3.85. The van der Waals surface area contributed by atoms with Crippen molar-refractivity contribution in [2.45, 2.75) is 25.9 Å². The topological polar surface area (TPSA) is 85.1 Å². The molecule has 3 heterocycles. The minimum absolute atomic E-state index is 0.0851. The van der Waals surface area contributed by atoms with Gasteiger partial charge in [0.05, 0.1) is 35.4 Å². The first-order valence-electron chi connectivity index (χ1n) is 12.7. The Morgan fingerprint density at radius 1 is 1.00 bits per heavy atom. The summed E-state index contributed by atoms with van der Waals surface area (Å²) >= 11 is 0. The summed E-state index contributed by atoms with van der Waals surface area (Å²) in [5, 5.41) is 12.7. The van der Waals surface area contributed by atoms with E-state index in [9.17, 15) is 14.0 Å². The molecule has 0 bridgehead atoms. The van der Waals surface area contributed by atoms with Gasteiger partial charge in [-0.2, -0.15) is 10.2 Å². The second kappa shape index (κ2) is 9.50. The van der Waals surface area contributed by atoms with E-state index in [0.29, 0.717) is 11.4 Å². The van der Waals surface area contributed by atoms with E-state index in [1.807, 2.05) is 56.3 Å². The van der Waals surface area contributed by atoms with Crippen LogP contribution in [0.2, 0.25) is 0 Å². The van der Waals surface area contributed by atoms with Crippen LogP contribution in [0.15, 0.2) is 85.2 Å². The van der Waals surface area contributed by atoms with Crippen LogP contribution in [0.25, 0.3) is 16.6 Å². The van der Waals surface area contributed by atoms with Gasteiger partial charge in [-0.15, -0.1) is 0 Å². The van der Waals surface area contributed by atoms with Gasteiger partial charge in [0.15, 0.2) is 0 Å². The monoisotopic (exact) mass is 522 g/mol. The number of aromatic nitrogens is 4. The molecule has 8 nitrogen and oxygen atoms in total. The molecule has 1 saturated heterocycles. The third-order valence-corrected chi connectivity index (χ3v) is 7.31. The zero-order valence-corrected chi connectivity index (χ0v) is 21.7. The number of nitrogens with one attached hydrogen (secondary N) is 1. The molecule has 1 aliphatic heterocycles. The van der Waals surface area contributed by atoms with Crippen molar-refractivity contribution in [1.82, 2.24) is 24.9 Å². The van der Waals surface area contributed by atoms with Gasteiger partial charge in [0.1, 0.15) is 11.5 Å². The Bertz CT molecular complexity index is 1710. The van der Waals surface area contributed by atoms with Crippen molar-refractivity contribution in [2.24, 2.45) is 13.0 Å². The summed E-state index contributed by atoms with van der Waals surface area (Å²) in [6.07, 6.45) is 3.44. The number of carbonyl (C=O) groups is 2. The third-order valence-electron chi connectivity index (χ3n) is 7.31. The van der Waals surface area contributed by atoms with Crippen molar-refractivity contribution < 1.29 is 14.0 Å². The van der Waals surface area contributed by atoms with Crippen LogP contribution in [0.3, 0.4) is 0 Å². The van der Waals surface area contributed by atoms with E-state index in [4.69, 9.17) is 0 Å². The maximum absolute atomic E-state index is 13.8. The largest absolute Gasteiger partial charge is 0.345 e. The summed E-state index contributed by atoms with van der Waals surface area (Å²) < 4.78 is 16.8. The van der Waals surface area contributed by atoms with Crippen LogP contribution in [0.4, 0.5) is 10.1 Å². The zero-order chi connectivity index (χ0) is 27.3. The van der Waals surface area contributed by atoms with Crippen LogP contribution in [-0.4, -0.2) is 37.4 Å². The van der Waals surface area contributed by atoms with Crippen molar-refractivity contribution in [3.05, 3.63) is 108 Å². The minimum atomic E-state index is -0.480. The summed E-state index contributed by atoms with van der Waals surface area (Å²) in [4.78, 5) is 28.7. The molecule has 0 unspecified atom stereocenters. The zero-order valence-electron chi connectivity index (χ0n) is 21.7. The fourth-order valence-corrected chi connectivity index (χ4v) is 5.37. The maximum Gasteiger partial charge on any atom is 0.272 e. The molecule has 6 rings (SSSR count). The first-order chi connectivity index (χ1) is 18.8. The molecular weight excluding hydrogens is 495 g/mol. The lowest BCUT2D eigenvalue weighted by Crippen LogP contribution is -2.42. The number of carbonyl (C=O) groups excluding carboxylic acids is 2. The van der Waals surface area contributed by atoms with Gasteiger partial charge in [0, 0.05) is 24.3 Å². The normalized spacial score (nSPS) is 19.1. The molecule has 1 aliphatic rings. The Labute approximate surface area is 224 Å². The predicted octanol–water partition coefficient (Wildman–Crippen LogP) is 4.73. The Kier molecular flexibility index (Phi) is 5.98. The average molecular weight is 523 g/mol. The summed E-state index contributed by atoms with van der Waals surface area (Å²) in [6, 6.07) is 20.6. The van der Waals surface area contributed by atoms with E-state index in [-0.39, 0.29) is 17.6 Å². The first kappa shape index (κ1) is 24.5. The number of hydrogen-bond donors (Lipinski definition) is 1. The number of fused-ring (bicyclic) bond motifs is 1. The van der Waals surface area contributed by atoms with Crippen molar-refractivity contribution in [3.8, 4) is 5.69 Å². The Morgan fingerprint density at radius 3 is 2.49 bits per heavy atom. The molecule has 0 aliphatic carbocycles. The second-order valence-corrected chi connectivity index (χ2v) is 10.0. The molecule has 0 saturated carbocycles. The predicted molar refractivity (Wildman–Crippen MR) is 146 cm³/mol. The van der Waals surface area contributed by atoms with Crippen molar-refractivity contribution in [2.75, 3.05) is 4.90 Å². The molecule has 39 heavy (non-hydrogen) atoms. The number of aryl methyl sites for hydroxylation is 2. The van der Waals surface area contributed by atoms with E-state index in [1.54, 1.807) is 51.9 Å². The van der Waals surface area contributed by atoms with E-state index >= 15 is 0 Å². The van der Waals surface area contributed by atoms with Gasteiger partial charge in [-0.3, -0.25) is 14.3 Å². The Hall–Kier alpha value is -4.79. The van der Waals surface area contributed by atoms with E-state index in [1.165, 1.54) is 12.1 Å². The molecule has 0 spiro atoms. The maximum atomic E-state index is 13.8. The summed E-state index contributed by atoms with van der Waals surface area (Å²) in [5.74, 6) is -1.19. The van der Waals surface area contributed by atoms with E-state index in [2.05, 4.69) is 15.5 Å². The molecule has 2 amide bonds. The molecule has 0 radical (unpaired) electrons. The fraction of sp³-hybridized carbons (Fsp3) is 0.200. The Morgan fingerprint density at radius 2 is 1.77 bits per heavy atom. The number of nitrogens with zero attached hydrogens (tertiary/aromatic N) is 5. The van der Waals surface area contributed by atoms with Gasteiger partial charge in [-0.05, 0) is 61.0 Å². The lowest BCUT2D eigenvalue weighted by molar-refractivity contribution is -0.120. The van der Waals surface area contributed by atoms with Crippen molar-refractivity contribution >= 4 is 28.4 Å². The Balaban J connectivity index is 1.41. The van der Waals surface area contributed by atoms with E-state index in [0.717, 1.165) is 27.7 Å².